The molecule has 75 heavy (non-hydrogen) atoms. The summed E-state index contributed by atoms with van der Waals surface area (Å²) in [6, 6.07) is 0. The number of alkyl halides is 38. The molecule has 2 rings (SSSR count). The topological polar surface area (TPSA) is 131 Å². The van der Waals surface area contributed by atoms with Crippen molar-refractivity contribution in [3.8, 4) is 0 Å². The average Bonchev–Trinajstić information content (AvgIpc) is 3.16. The van der Waals surface area contributed by atoms with Gasteiger partial charge in [0.1, 0.15) is 0 Å². The molecule has 0 spiro atoms. The predicted octanol–water partition coefficient (Wildman–Crippen LogP) is 11.0. The van der Waals surface area contributed by atoms with E-state index in [0.717, 1.165) is 0 Å². The first-order chi connectivity index (χ1) is 31.8. The SMILES string of the molecule is CCN(C(F)(C(F)(F)OP(=O)(O)OC(F)(F)C(F)(N(CC)S(=O)(=O)C1(F)C(F)(F)C(F)(F)C(F)(F)C(F)(F)C1(F)F)C(F)(F)C(F)(F)F)C(F)(F)C(F)(F)F)S(=O)(=O)C1(F)C(F)(F)C(F)(F)C(F)(F)C(F)(F)C1(F)F. The number of nitrogens with zero attached hydrogens (tertiary/aromatic N) is 2. The second-order valence-corrected chi connectivity index (χ2v) is 19.6. The number of phosphoric acid groups is 1. The highest BCUT2D eigenvalue weighted by atomic mass is 32.2. The fourth-order valence-corrected chi connectivity index (χ4v) is 11.3. The van der Waals surface area contributed by atoms with E-state index in [1.54, 1.807) is 0 Å². The van der Waals surface area contributed by atoms with Crippen LogP contribution in [0, 0.1) is 0 Å². The van der Waals surface area contributed by atoms with E-state index >= 15 is 35.1 Å². The molecule has 10 nitrogen and oxygen atoms in total. The summed E-state index contributed by atoms with van der Waals surface area (Å²) in [4.78, 5) is 9.32. The molecule has 0 bridgehead atoms. The van der Waals surface area contributed by atoms with Gasteiger partial charge in [0.15, 0.2) is 0 Å². The predicted molar refractivity (Wildman–Crippen MR) is 151 cm³/mol. The van der Waals surface area contributed by atoms with Gasteiger partial charge in [0.25, 0.3) is 20.0 Å². The number of halogens is 38. The summed E-state index contributed by atoms with van der Waals surface area (Å²) in [5.74, 6) is -128. The molecule has 51 heteroatoms. The van der Waals surface area contributed by atoms with Gasteiger partial charge in [-0.3, -0.25) is 0 Å². The Bertz CT molecular complexity index is 2290. The van der Waals surface area contributed by atoms with Crippen molar-refractivity contribution in [3.63, 3.8) is 0 Å². The lowest BCUT2D eigenvalue weighted by Crippen LogP contribution is -2.87. The molecule has 2 fully saturated rings. The minimum absolute atomic E-state index is 1.23. The van der Waals surface area contributed by atoms with Crippen molar-refractivity contribution >= 4 is 27.9 Å². The van der Waals surface area contributed by atoms with Gasteiger partial charge in [-0.1, -0.05) is 13.8 Å². The van der Waals surface area contributed by atoms with Gasteiger partial charge in [0.05, 0.1) is 0 Å². The second-order valence-electron chi connectivity index (χ2n) is 14.3. The maximum Gasteiger partial charge on any atom is 0.482 e. The van der Waals surface area contributed by atoms with Gasteiger partial charge in [0, 0.05) is 13.1 Å². The van der Waals surface area contributed by atoms with E-state index in [4.69, 9.17) is 0 Å². The van der Waals surface area contributed by atoms with Crippen LogP contribution in [-0.2, 0) is 33.7 Å². The Balaban J connectivity index is 3.28. The Labute approximate surface area is 383 Å². The summed E-state index contributed by atoms with van der Waals surface area (Å²) in [7, 11) is -31.1. The highest BCUT2D eigenvalue weighted by Crippen LogP contribution is 2.75. The molecule has 2 unspecified atom stereocenters. The lowest BCUT2D eigenvalue weighted by atomic mass is 9.80. The summed E-state index contributed by atoms with van der Waals surface area (Å²) >= 11 is 0. The van der Waals surface area contributed by atoms with Crippen molar-refractivity contribution in [2.45, 2.75) is 131 Å². The third-order valence-electron chi connectivity index (χ3n) is 10.1. The molecule has 0 amide bonds. The first-order valence-electron chi connectivity index (χ1n) is 16.8. The van der Waals surface area contributed by atoms with Crippen LogP contribution in [0.3, 0.4) is 0 Å². The third-order valence-corrected chi connectivity index (χ3v) is 15.6. The number of sulfonamides is 2. The quantitative estimate of drug-likeness (QED) is 0.0919. The van der Waals surface area contributed by atoms with Crippen LogP contribution in [0.15, 0.2) is 0 Å². The molecule has 2 aliphatic rings. The van der Waals surface area contributed by atoms with E-state index in [9.17, 15) is 158 Å². The monoisotopic (exact) mass is 1270 g/mol. The molecule has 2 aliphatic carbocycles. The summed E-state index contributed by atoms with van der Waals surface area (Å²) in [5, 5.41) is -18.9. The zero-order valence-electron chi connectivity index (χ0n) is 33.2. The van der Waals surface area contributed by atoms with E-state index in [2.05, 4.69) is 0 Å². The number of hydrogen-bond acceptors (Lipinski definition) is 7. The van der Waals surface area contributed by atoms with Crippen LogP contribution in [0.4, 0.5) is 167 Å². The number of hydrogen-bond donors (Lipinski definition) is 1. The second kappa shape index (κ2) is 16.7. The molecule has 448 valence electrons. The van der Waals surface area contributed by atoms with Crippen LogP contribution in [0.1, 0.15) is 13.8 Å². The first-order valence-corrected chi connectivity index (χ1v) is 21.1. The van der Waals surface area contributed by atoms with Gasteiger partial charge in [-0.05, 0) is 0 Å². The number of rotatable bonds is 16. The average molecular weight is 1270 g/mol. The van der Waals surface area contributed by atoms with Crippen molar-refractivity contribution in [1.82, 2.24) is 8.61 Å². The summed E-state index contributed by atoms with van der Waals surface area (Å²) < 4.78 is 607. The molecule has 2 atom stereocenters. The van der Waals surface area contributed by atoms with E-state index in [0.29, 0.717) is 0 Å². The molecule has 1 N–H and O–H groups in total. The number of likely N-dealkylation sites (N-methyl/N-ethyl adjacent to an activating group) is 2. The molecule has 0 aromatic rings. The molecule has 0 aromatic heterocycles. The minimum atomic E-state index is -10.5. The van der Waals surface area contributed by atoms with Crippen molar-refractivity contribution in [3.05, 3.63) is 0 Å². The zero-order valence-corrected chi connectivity index (χ0v) is 35.8. The first kappa shape index (κ1) is 68.4. The van der Waals surface area contributed by atoms with Gasteiger partial charge >= 0.3 is 125 Å². The van der Waals surface area contributed by atoms with Gasteiger partial charge in [0.2, 0.25) is 0 Å². The van der Waals surface area contributed by atoms with Crippen LogP contribution in [0.5, 0.6) is 0 Å². The van der Waals surface area contributed by atoms with Gasteiger partial charge < -0.3 is 4.89 Å². The van der Waals surface area contributed by atoms with Crippen LogP contribution >= 0.6 is 7.82 Å². The van der Waals surface area contributed by atoms with E-state index < -0.39 is 181 Å². The van der Waals surface area contributed by atoms with Crippen LogP contribution in [0.25, 0.3) is 0 Å². The van der Waals surface area contributed by atoms with E-state index in [1.165, 1.54) is 9.05 Å². The molecule has 0 aromatic carbocycles. The van der Waals surface area contributed by atoms with Crippen molar-refractivity contribution in [2.24, 2.45) is 0 Å². The zero-order chi connectivity index (χ0) is 61.5. The molecule has 0 saturated heterocycles. The molecule has 0 radical (unpaired) electrons. The summed E-state index contributed by atoms with van der Waals surface area (Å²) in [5.41, 5.74) is 0. The molecule has 2 saturated carbocycles. The third kappa shape index (κ3) is 7.24. The number of phosphoric ester groups is 1. The summed E-state index contributed by atoms with van der Waals surface area (Å²) in [6.45, 7) is -10.7. The molecular weight excluding hydrogens is 1260 g/mol. The Morgan fingerprint density at radius 3 is 0.680 bits per heavy atom. The fourth-order valence-electron chi connectivity index (χ4n) is 6.22. The van der Waals surface area contributed by atoms with Crippen LogP contribution in [-0.4, -0.2) is 161 Å². The normalized spacial score (nSPS) is 27.5. The van der Waals surface area contributed by atoms with Crippen LogP contribution in [0.2, 0.25) is 0 Å². The standard InChI is InChI=1S/C24H11F38N2O8PS2/c1-3-63(74(67,68)19(51)11(37,38)7(29,30)5(25,26)8(31,32)12(19,39)40)17(49,15(45,46)21(53,54)55)23(59,60)71-73(65,66)72-24(61,62)18(50,16(47,48)22(56,57)58)64(4-2)75(69,70)20(52)13(41,42)9(33,34)6(27,28)10(35,36)14(20,43)44/h3-4H2,1-2H3,(H,65,66). The van der Waals surface area contributed by atoms with Crippen molar-refractivity contribution in [2.75, 3.05) is 13.1 Å². The highest BCUT2D eigenvalue weighted by Gasteiger charge is 3.07. The highest BCUT2D eigenvalue weighted by molar-refractivity contribution is 7.90. The molecule has 0 aliphatic heterocycles. The van der Waals surface area contributed by atoms with Gasteiger partial charge in [-0.25, -0.2) is 48.0 Å². The van der Waals surface area contributed by atoms with Crippen LogP contribution < -0.4 is 0 Å². The maximum absolute atomic E-state index is 16.2. The summed E-state index contributed by atoms with van der Waals surface area (Å²) in [6.07, 6.45) is -36.8. The minimum Gasteiger partial charge on any atom is -0.302 e. The fraction of sp³-hybridized carbons (Fsp3) is 1.00. The van der Waals surface area contributed by atoms with Crippen molar-refractivity contribution < 1.29 is 202 Å². The van der Waals surface area contributed by atoms with E-state index in [-0.39, 0.29) is 0 Å². The Hall–Kier alpha value is -2.73. The Morgan fingerprint density at radius 1 is 0.373 bits per heavy atom. The lowest BCUT2D eigenvalue weighted by molar-refractivity contribution is -0.471. The molecular formula is C24H11F38N2O8PS2. The smallest absolute Gasteiger partial charge is 0.302 e. The maximum atomic E-state index is 16.2. The lowest BCUT2D eigenvalue weighted by Gasteiger charge is -2.54. The van der Waals surface area contributed by atoms with Crippen molar-refractivity contribution in [1.29, 1.82) is 0 Å². The van der Waals surface area contributed by atoms with Gasteiger partial charge in [-0.15, -0.1) is 0 Å². The van der Waals surface area contributed by atoms with E-state index in [1.807, 2.05) is 0 Å². The van der Waals surface area contributed by atoms with Gasteiger partial charge in [-0.2, -0.15) is 158 Å². The Kier molecular flexibility index (Phi) is 15.2. The Morgan fingerprint density at radius 2 is 0.533 bits per heavy atom. The molecule has 0 heterocycles. The largest absolute Gasteiger partial charge is 0.482 e.